The zero-order chi connectivity index (χ0) is 22.1. The zero-order valence-corrected chi connectivity index (χ0v) is 19.5. The molecular weight excluding hydrogens is 476 g/mol. The highest BCUT2D eigenvalue weighted by Crippen LogP contribution is 2.42. The molecule has 8 heteroatoms. The van der Waals surface area contributed by atoms with E-state index in [2.05, 4.69) is 25.7 Å². The maximum atomic E-state index is 13.1. The summed E-state index contributed by atoms with van der Waals surface area (Å²) in [5.74, 6) is 2.21. The van der Waals surface area contributed by atoms with Crippen LogP contribution in [0.4, 0.5) is 0 Å². The fourth-order valence-electron chi connectivity index (χ4n) is 4.21. The fourth-order valence-corrected chi connectivity index (χ4v) is 4.59. The van der Waals surface area contributed by atoms with E-state index >= 15 is 0 Å². The summed E-state index contributed by atoms with van der Waals surface area (Å²) in [5.41, 5.74) is 2.27. The number of carbonyl (C=O) groups excluding carboxylic acids is 1. The maximum absolute atomic E-state index is 13.1. The number of carbonyl (C=O) groups is 1. The summed E-state index contributed by atoms with van der Waals surface area (Å²) in [6.45, 7) is 6.57. The number of morpholine rings is 1. The standard InChI is InChI=1S/C24H25BrN2O5/c1-29-20-4-2-17(25)12-16(20)13-22-23(28)18-3-5-21-19(24(18)32-22)14-27(15-31-21)7-6-26-8-10-30-11-9-26/h2-5,12-13H,6-11,14-15H2,1H3/b22-13-. The molecule has 2 aromatic rings. The van der Waals surface area contributed by atoms with E-state index in [0.717, 1.165) is 60.7 Å². The molecule has 0 unspecified atom stereocenters. The highest BCUT2D eigenvalue weighted by atomic mass is 79.9. The molecule has 7 nitrogen and oxygen atoms in total. The molecule has 2 aromatic carbocycles. The van der Waals surface area contributed by atoms with E-state index in [-0.39, 0.29) is 11.5 Å². The molecule has 168 valence electrons. The molecule has 0 saturated carbocycles. The van der Waals surface area contributed by atoms with Crippen molar-refractivity contribution in [2.75, 3.05) is 53.2 Å². The molecule has 0 atom stereocenters. The number of benzene rings is 2. The van der Waals surface area contributed by atoms with Crippen LogP contribution in [0.25, 0.3) is 6.08 Å². The summed E-state index contributed by atoms with van der Waals surface area (Å²) in [5, 5.41) is 0. The lowest BCUT2D eigenvalue weighted by Gasteiger charge is -2.33. The SMILES string of the molecule is COc1ccc(Br)cc1/C=C1\Oc2c(ccc3c2CN(CCN2CCOCC2)CO3)C1=O. The van der Waals surface area contributed by atoms with Crippen LogP contribution >= 0.6 is 15.9 Å². The average Bonchev–Trinajstić information content (AvgIpc) is 3.14. The second kappa shape index (κ2) is 9.23. The monoisotopic (exact) mass is 500 g/mol. The second-order valence-electron chi connectivity index (χ2n) is 8.02. The van der Waals surface area contributed by atoms with Gasteiger partial charge >= 0.3 is 0 Å². The van der Waals surface area contributed by atoms with Crippen molar-refractivity contribution in [1.29, 1.82) is 0 Å². The van der Waals surface area contributed by atoms with Crippen LogP contribution in [-0.4, -0.2) is 68.8 Å². The van der Waals surface area contributed by atoms with Gasteiger partial charge in [-0.25, -0.2) is 0 Å². The number of ether oxygens (including phenoxy) is 4. The Morgan fingerprint density at radius 3 is 2.75 bits per heavy atom. The molecule has 32 heavy (non-hydrogen) atoms. The molecule has 0 N–H and O–H groups in total. The summed E-state index contributed by atoms with van der Waals surface area (Å²) in [6.07, 6.45) is 1.73. The first-order valence-electron chi connectivity index (χ1n) is 10.7. The maximum Gasteiger partial charge on any atom is 0.231 e. The quantitative estimate of drug-likeness (QED) is 0.581. The first-order valence-corrected chi connectivity index (χ1v) is 11.5. The molecule has 0 bridgehead atoms. The zero-order valence-electron chi connectivity index (χ0n) is 17.9. The van der Waals surface area contributed by atoms with Gasteiger partial charge in [0.1, 0.15) is 24.0 Å². The highest BCUT2D eigenvalue weighted by Gasteiger charge is 2.33. The lowest BCUT2D eigenvalue weighted by molar-refractivity contribution is 0.0239. The number of halogens is 1. The van der Waals surface area contributed by atoms with E-state index in [4.69, 9.17) is 18.9 Å². The third kappa shape index (κ3) is 4.28. The van der Waals surface area contributed by atoms with E-state index < -0.39 is 0 Å². The normalized spacial score (nSPS) is 19.9. The van der Waals surface area contributed by atoms with Crippen LogP contribution in [0.1, 0.15) is 21.5 Å². The lowest BCUT2D eigenvalue weighted by atomic mass is 10.0. The molecule has 3 aliphatic heterocycles. The summed E-state index contributed by atoms with van der Waals surface area (Å²) in [6, 6.07) is 9.31. The van der Waals surface area contributed by atoms with Gasteiger partial charge in [0, 0.05) is 42.8 Å². The van der Waals surface area contributed by atoms with Crippen molar-refractivity contribution in [3.63, 3.8) is 0 Å². The summed E-state index contributed by atoms with van der Waals surface area (Å²) >= 11 is 3.47. The van der Waals surface area contributed by atoms with Gasteiger partial charge in [0.15, 0.2) is 5.76 Å². The Morgan fingerprint density at radius 2 is 1.94 bits per heavy atom. The van der Waals surface area contributed by atoms with Crippen molar-refractivity contribution in [2.45, 2.75) is 6.54 Å². The first kappa shape index (κ1) is 21.5. The Bertz CT molecular complexity index is 1060. The van der Waals surface area contributed by atoms with Gasteiger partial charge in [-0.05, 0) is 36.4 Å². The van der Waals surface area contributed by atoms with Crippen LogP contribution in [0.5, 0.6) is 17.2 Å². The smallest absolute Gasteiger partial charge is 0.231 e. The summed E-state index contributed by atoms with van der Waals surface area (Å²) in [4.78, 5) is 17.7. The summed E-state index contributed by atoms with van der Waals surface area (Å²) in [7, 11) is 1.61. The number of fused-ring (bicyclic) bond motifs is 3. The minimum Gasteiger partial charge on any atom is -0.496 e. The van der Waals surface area contributed by atoms with Crippen LogP contribution in [-0.2, 0) is 11.3 Å². The Kier molecular flexibility index (Phi) is 6.19. The number of hydrogen-bond acceptors (Lipinski definition) is 7. The van der Waals surface area contributed by atoms with Gasteiger partial charge in [0.25, 0.3) is 0 Å². The number of nitrogens with zero attached hydrogens (tertiary/aromatic N) is 2. The van der Waals surface area contributed by atoms with Crippen LogP contribution in [0.15, 0.2) is 40.6 Å². The minimum atomic E-state index is -0.129. The second-order valence-corrected chi connectivity index (χ2v) is 8.94. The highest BCUT2D eigenvalue weighted by molar-refractivity contribution is 9.10. The molecule has 5 rings (SSSR count). The van der Waals surface area contributed by atoms with E-state index in [1.165, 1.54) is 0 Å². The largest absolute Gasteiger partial charge is 0.496 e. The van der Waals surface area contributed by atoms with E-state index in [0.29, 0.717) is 30.3 Å². The minimum absolute atomic E-state index is 0.129. The molecule has 0 aliphatic carbocycles. The van der Waals surface area contributed by atoms with Gasteiger partial charge < -0.3 is 18.9 Å². The molecule has 1 saturated heterocycles. The predicted molar refractivity (Wildman–Crippen MR) is 123 cm³/mol. The third-order valence-corrected chi connectivity index (χ3v) is 6.49. The fraction of sp³-hybridized carbons (Fsp3) is 0.375. The Hall–Kier alpha value is -2.39. The summed E-state index contributed by atoms with van der Waals surface area (Å²) < 4.78 is 23.9. The molecule has 3 heterocycles. The van der Waals surface area contributed by atoms with Crippen LogP contribution < -0.4 is 14.2 Å². The van der Waals surface area contributed by atoms with Gasteiger partial charge in [-0.3, -0.25) is 14.6 Å². The predicted octanol–water partition coefficient (Wildman–Crippen LogP) is 3.56. The van der Waals surface area contributed by atoms with Crippen molar-refractivity contribution in [1.82, 2.24) is 9.80 Å². The van der Waals surface area contributed by atoms with Gasteiger partial charge in [0.05, 0.1) is 31.5 Å². The van der Waals surface area contributed by atoms with Gasteiger partial charge in [-0.15, -0.1) is 0 Å². The third-order valence-electron chi connectivity index (χ3n) is 6.00. The number of allylic oxidation sites excluding steroid dienone is 1. The molecule has 0 radical (unpaired) electrons. The molecule has 1 fully saturated rings. The van der Waals surface area contributed by atoms with Crippen molar-refractivity contribution in [3.8, 4) is 17.2 Å². The van der Waals surface area contributed by atoms with Gasteiger partial charge in [0.2, 0.25) is 5.78 Å². The number of ketones is 1. The number of methoxy groups -OCH3 is 1. The molecule has 0 amide bonds. The Labute approximate surface area is 195 Å². The van der Waals surface area contributed by atoms with Crippen molar-refractivity contribution >= 4 is 27.8 Å². The van der Waals surface area contributed by atoms with E-state index in [1.54, 1.807) is 19.3 Å². The van der Waals surface area contributed by atoms with Crippen LogP contribution in [0, 0.1) is 0 Å². The Balaban J connectivity index is 1.36. The Morgan fingerprint density at radius 1 is 1.12 bits per heavy atom. The average molecular weight is 501 g/mol. The molecular formula is C24H25BrN2O5. The number of rotatable bonds is 5. The first-order chi connectivity index (χ1) is 15.6. The van der Waals surface area contributed by atoms with E-state index in [9.17, 15) is 4.79 Å². The van der Waals surface area contributed by atoms with Crippen molar-refractivity contribution in [3.05, 3.63) is 57.3 Å². The van der Waals surface area contributed by atoms with Gasteiger partial charge in [-0.1, -0.05) is 15.9 Å². The van der Waals surface area contributed by atoms with Crippen LogP contribution in [0.2, 0.25) is 0 Å². The van der Waals surface area contributed by atoms with Crippen molar-refractivity contribution in [2.24, 2.45) is 0 Å². The molecule has 0 spiro atoms. The molecule has 3 aliphatic rings. The lowest BCUT2D eigenvalue weighted by Crippen LogP contribution is -2.43. The van der Waals surface area contributed by atoms with Crippen LogP contribution in [0.3, 0.4) is 0 Å². The van der Waals surface area contributed by atoms with Gasteiger partial charge in [-0.2, -0.15) is 0 Å². The van der Waals surface area contributed by atoms with E-state index in [1.807, 2.05) is 24.3 Å². The topological polar surface area (TPSA) is 60.5 Å². The number of Topliss-reactive ketones (excluding diaryl/α,β-unsaturated/α-hetero) is 1. The molecule has 0 aromatic heterocycles. The number of hydrogen-bond donors (Lipinski definition) is 0. The van der Waals surface area contributed by atoms with Crippen molar-refractivity contribution < 1.29 is 23.7 Å².